The van der Waals surface area contributed by atoms with Gasteiger partial charge in [-0.1, -0.05) is 351 Å². The van der Waals surface area contributed by atoms with E-state index < -0.39 is 124 Å². The maximum atomic E-state index is 13.5. The lowest BCUT2D eigenvalue weighted by atomic mass is 9.96. The van der Waals surface area contributed by atoms with Crippen LogP contribution in [0.15, 0.2) is 60.8 Å². The molecule has 19 nitrogen and oxygen atoms in total. The van der Waals surface area contributed by atoms with Crippen LogP contribution in [0.3, 0.4) is 0 Å². The highest BCUT2D eigenvalue weighted by Crippen LogP contribution is 2.33. The van der Waals surface area contributed by atoms with E-state index in [1.807, 2.05) is 6.08 Å². The number of amides is 1. The minimum atomic E-state index is -1.98. The van der Waals surface area contributed by atoms with Crippen molar-refractivity contribution in [3.05, 3.63) is 60.8 Å². The lowest BCUT2D eigenvalue weighted by Crippen LogP contribution is -2.66. The molecule has 0 aliphatic carbocycles. The fraction of sp³-hybridized carbons (Fsp3) is 0.874. The summed E-state index contributed by atoms with van der Waals surface area (Å²) in [5.74, 6) is -0.269. The molecule has 0 radical (unpaired) electrons. The van der Waals surface area contributed by atoms with Gasteiger partial charge in [0.05, 0.1) is 38.6 Å². The summed E-state index contributed by atoms with van der Waals surface area (Å²) in [6, 6.07) is -0.974. The van der Waals surface area contributed by atoms with Crippen molar-refractivity contribution >= 4 is 5.91 Å². The Bertz CT molecular complexity index is 2150. The Morgan fingerprint density at radius 2 is 0.651 bits per heavy atom. The molecular formula is C87H159NO18. The van der Waals surface area contributed by atoms with Crippen LogP contribution >= 0.6 is 0 Å². The Balaban J connectivity index is 1.32. The van der Waals surface area contributed by atoms with Crippen LogP contribution < -0.4 is 5.32 Å². The zero-order chi connectivity index (χ0) is 76.7. The highest BCUT2D eigenvalue weighted by molar-refractivity contribution is 5.76. The Morgan fingerprint density at radius 1 is 0.349 bits per heavy atom. The first-order valence-electron chi connectivity index (χ1n) is 43.5. The zero-order valence-corrected chi connectivity index (χ0v) is 66.7. The van der Waals surface area contributed by atoms with E-state index in [0.29, 0.717) is 6.42 Å². The second kappa shape index (κ2) is 67.0. The van der Waals surface area contributed by atoms with Crippen LogP contribution in [-0.2, 0) is 33.2 Å². The normalized spacial score (nSPS) is 25.9. The summed E-state index contributed by atoms with van der Waals surface area (Å²) in [5.41, 5.74) is 0. The van der Waals surface area contributed by atoms with Crippen LogP contribution in [-0.4, -0.2) is 193 Å². The molecule has 0 saturated carbocycles. The number of carbonyl (C=O) groups excluding carboxylic acids is 1. The van der Waals surface area contributed by atoms with Gasteiger partial charge in [-0.2, -0.15) is 0 Å². The molecule has 12 N–H and O–H groups in total. The maximum Gasteiger partial charge on any atom is 0.220 e. The lowest BCUT2D eigenvalue weighted by molar-refractivity contribution is -0.379. The molecule has 3 fully saturated rings. The van der Waals surface area contributed by atoms with Gasteiger partial charge in [-0.15, -0.1) is 0 Å². The van der Waals surface area contributed by atoms with Crippen molar-refractivity contribution in [1.82, 2.24) is 5.32 Å². The average Bonchev–Trinajstić information content (AvgIpc) is 0.780. The van der Waals surface area contributed by atoms with E-state index >= 15 is 0 Å². The van der Waals surface area contributed by atoms with Gasteiger partial charge in [-0.05, 0) is 57.8 Å². The summed E-state index contributed by atoms with van der Waals surface area (Å²) >= 11 is 0. The van der Waals surface area contributed by atoms with Gasteiger partial charge >= 0.3 is 0 Å². The third-order valence-electron chi connectivity index (χ3n) is 21.6. The molecule has 3 rings (SSSR count). The molecule has 3 saturated heterocycles. The fourth-order valence-corrected chi connectivity index (χ4v) is 14.7. The van der Waals surface area contributed by atoms with Crippen molar-refractivity contribution in [2.45, 2.75) is 458 Å². The Labute approximate surface area is 643 Å². The molecule has 3 aliphatic heterocycles. The van der Waals surface area contributed by atoms with Gasteiger partial charge in [-0.25, -0.2) is 0 Å². The monoisotopic (exact) mass is 1510 g/mol. The number of carbonyl (C=O) groups is 1. The van der Waals surface area contributed by atoms with Gasteiger partial charge in [0, 0.05) is 6.42 Å². The van der Waals surface area contributed by atoms with Gasteiger partial charge in [0.1, 0.15) is 73.2 Å². The van der Waals surface area contributed by atoms with Gasteiger partial charge in [-0.3, -0.25) is 4.79 Å². The van der Waals surface area contributed by atoms with E-state index in [4.69, 9.17) is 28.4 Å². The van der Waals surface area contributed by atoms with Gasteiger partial charge in [0.2, 0.25) is 5.91 Å². The molecule has 0 aromatic heterocycles. The number of hydrogen-bond donors (Lipinski definition) is 12. The summed E-state index contributed by atoms with van der Waals surface area (Å²) in [7, 11) is 0. The molecule has 0 bridgehead atoms. The third-order valence-corrected chi connectivity index (χ3v) is 21.6. The van der Waals surface area contributed by atoms with Crippen molar-refractivity contribution in [2.24, 2.45) is 0 Å². The van der Waals surface area contributed by atoms with Crippen molar-refractivity contribution in [3.63, 3.8) is 0 Å². The first-order chi connectivity index (χ1) is 51.8. The van der Waals surface area contributed by atoms with Crippen LogP contribution in [0, 0.1) is 0 Å². The van der Waals surface area contributed by atoms with E-state index in [-0.39, 0.29) is 18.9 Å². The van der Waals surface area contributed by atoms with Crippen molar-refractivity contribution in [1.29, 1.82) is 0 Å². The molecule has 19 heteroatoms. The lowest BCUT2D eigenvalue weighted by Gasteiger charge is -2.48. The number of nitrogens with one attached hydrogen (secondary N) is 1. The minimum Gasteiger partial charge on any atom is -0.394 e. The van der Waals surface area contributed by atoms with E-state index in [2.05, 4.69) is 67.8 Å². The molecule has 17 unspecified atom stereocenters. The number of aliphatic hydroxyl groups is 11. The quantitative estimate of drug-likeness (QED) is 0.0199. The molecule has 0 aromatic carbocycles. The molecular weight excluding hydrogens is 1350 g/mol. The third kappa shape index (κ3) is 45.9. The minimum absolute atomic E-state index is 0.246. The number of aliphatic hydroxyl groups excluding tert-OH is 11. The maximum absolute atomic E-state index is 13.5. The van der Waals surface area contributed by atoms with Gasteiger partial charge in [0.25, 0.3) is 0 Å². The Kier molecular flexibility index (Phi) is 61.8. The topological polar surface area (TPSA) is 307 Å². The smallest absolute Gasteiger partial charge is 0.220 e. The van der Waals surface area contributed by atoms with Crippen molar-refractivity contribution < 1.29 is 89.4 Å². The second-order valence-electron chi connectivity index (χ2n) is 31.0. The first-order valence-corrected chi connectivity index (χ1v) is 43.5. The first kappa shape index (κ1) is 97.7. The summed E-state index contributed by atoms with van der Waals surface area (Å²) in [6.07, 6.45) is 60.8. The van der Waals surface area contributed by atoms with Gasteiger partial charge < -0.3 is 89.9 Å². The summed E-state index contributed by atoms with van der Waals surface area (Å²) in [4.78, 5) is 13.5. The standard InChI is InChI=1S/C87H159NO18/c1-3-5-7-9-11-13-15-17-19-21-23-25-27-29-30-31-32-33-34-35-36-37-38-39-40-41-43-45-47-49-51-53-55-57-59-61-63-65-75(93)88-70(71(92)64-62-60-58-56-54-52-50-48-46-44-42-28-26-24-22-20-18-16-14-12-10-8-6-4-2)69-101-85-81(99)78(96)83(73(67-90)103-85)106-87-82(100)79(97)84(74(68-91)104-87)105-86-80(98)77(95)76(94)72(66-89)102-86/h5,7,11,13,17,19,23,25,62,64,70-74,76-87,89-92,94-100H,3-4,6,8-10,12,14-16,18,20-22,24,26-61,63,65-69H2,1-2H3,(H,88,93)/b7-5-,13-11-,19-17-,25-23-,64-62+. The average molecular weight is 1510 g/mol. The van der Waals surface area contributed by atoms with Crippen LogP contribution in [0.25, 0.3) is 0 Å². The molecule has 0 spiro atoms. The summed E-state index contributed by atoms with van der Waals surface area (Å²) in [5, 5.41) is 121. The zero-order valence-electron chi connectivity index (χ0n) is 66.7. The Morgan fingerprint density at radius 3 is 1.02 bits per heavy atom. The fourth-order valence-electron chi connectivity index (χ4n) is 14.7. The van der Waals surface area contributed by atoms with Gasteiger partial charge in [0.15, 0.2) is 18.9 Å². The summed E-state index contributed by atoms with van der Waals surface area (Å²) < 4.78 is 34.5. The molecule has 0 aromatic rings. The molecule has 17 atom stereocenters. The number of unbranched alkanes of at least 4 members (excludes halogenated alkanes) is 46. The van der Waals surface area contributed by atoms with Crippen LogP contribution in [0.4, 0.5) is 0 Å². The van der Waals surface area contributed by atoms with Crippen LogP contribution in [0.5, 0.6) is 0 Å². The second-order valence-corrected chi connectivity index (χ2v) is 31.0. The van der Waals surface area contributed by atoms with Crippen LogP contribution in [0.1, 0.15) is 354 Å². The van der Waals surface area contributed by atoms with E-state index in [1.54, 1.807) is 6.08 Å². The molecule has 3 aliphatic rings. The number of hydrogen-bond acceptors (Lipinski definition) is 18. The predicted octanol–water partition coefficient (Wildman–Crippen LogP) is 15.8. The summed E-state index contributed by atoms with van der Waals surface area (Å²) in [6.45, 7) is 1.68. The SMILES string of the molecule is CC/C=C\C/C=C\C/C=C\C/C=C\CCCCCCCCCCCCCCCCCCCCCCCCCCC(=O)NC(COC1OC(CO)C(OC2OC(CO)C(OC3OC(CO)C(O)C(O)C3O)C(O)C2O)C(O)C1O)C(O)/C=C/CCCCCCCCCCCCCCCCCCCCCCCC. The molecule has 620 valence electrons. The highest BCUT2D eigenvalue weighted by atomic mass is 16.8. The molecule has 106 heavy (non-hydrogen) atoms. The number of rotatable bonds is 70. The number of allylic oxidation sites excluding steroid dienone is 9. The van der Waals surface area contributed by atoms with E-state index in [0.717, 1.165) is 70.6 Å². The van der Waals surface area contributed by atoms with Crippen LogP contribution in [0.2, 0.25) is 0 Å². The predicted molar refractivity (Wildman–Crippen MR) is 425 cm³/mol. The Hall–Kier alpha value is -2.51. The highest BCUT2D eigenvalue weighted by Gasteiger charge is 2.54. The molecule has 1 amide bonds. The largest absolute Gasteiger partial charge is 0.394 e. The molecule has 3 heterocycles. The van der Waals surface area contributed by atoms with Crippen molar-refractivity contribution in [3.8, 4) is 0 Å². The van der Waals surface area contributed by atoms with E-state index in [9.17, 15) is 61.0 Å². The van der Waals surface area contributed by atoms with E-state index in [1.165, 1.54) is 257 Å². The van der Waals surface area contributed by atoms with Crippen molar-refractivity contribution in [2.75, 3.05) is 26.4 Å². The number of ether oxygens (including phenoxy) is 6.